The number of para-hydroxylation sites is 1. The van der Waals surface area contributed by atoms with E-state index in [-0.39, 0.29) is 6.04 Å². The molecule has 0 aliphatic carbocycles. The minimum absolute atomic E-state index is 0.244. The Bertz CT molecular complexity index is 548. The van der Waals surface area contributed by atoms with E-state index in [9.17, 15) is 4.79 Å². The van der Waals surface area contributed by atoms with Crippen molar-refractivity contribution >= 4 is 23.2 Å². The highest BCUT2D eigenvalue weighted by Crippen LogP contribution is 2.44. The second kappa shape index (κ2) is 3.58. The first-order valence-corrected chi connectivity index (χ1v) is 6.08. The molecule has 0 unspecified atom stereocenters. The van der Waals surface area contributed by atoms with Gasteiger partial charge in [0.15, 0.2) is 10.8 Å². The first-order valence-electron chi connectivity index (χ1n) is 5.67. The zero-order valence-corrected chi connectivity index (χ0v) is 10.6. The van der Waals surface area contributed by atoms with Crippen LogP contribution in [0, 0.1) is 5.92 Å². The maximum atomic E-state index is 11.7. The van der Waals surface area contributed by atoms with Crippen LogP contribution in [0.2, 0.25) is 0 Å². The molecule has 0 aromatic heterocycles. The Morgan fingerprint density at radius 1 is 1.50 bits per heavy atom. The van der Waals surface area contributed by atoms with Crippen molar-refractivity contribution in [2.24, 2.45) is 11.7 Å². The topological polar surface area (TPSA) is 76.4 Å². The highest BCUT2D eigenvalue weighted by Gasteiger charge is 2.53. The number of ether oxygens (including phenoxy) is 1. The predicted octanol–water partition coefficient (Wildman–Crippen LogP) is 0.415. The number of hydrogen-bond donors (Lipinski definition) is 3. The zero-order chi connectivity index (χ0) is 12.9. The van der Waals surface area contributed by atoms with Crippen molar-refractivity contribution in [3.05, 3.63) is 29.8 Å². The second-order valence-corrected chi connectivity index (χ2v) is 5.11. The molecule has 1 saturated heterocycles. The van der Waals surface area contributed by atoms with E-state index >= 15 is 0 Å². The number of carbonyl (C=O) groups excluding carboxylic acids is 1. The second-order valence-electron chi connectivity index (χ2n) is 4.70. The van der Waals surface area contributed by atoms with Crippen LogP contribution in [-0.2, 0) is 4.79 Å². The number of hydrogen-bond acceptors (Lipinski definition) is 3. The van der Waals surface area contributed by atoms with Crippen LogP contribution in [0.3, 0.4) is 0 Å². The van der Waals surface area contributed by atoms with Crippen LogP contribution in [0.5, 0.6) is 5.75 Å². The molecule has 5 nitrogen and oxygen atoms in total. The number of fused-ring (bicyclic) bond motifs is 4. The van der Waals surface area contributed by atoms with Gasteiger partial charge in [0, 0.05) is 5.56 Å². The zero-order valence-electron chi connectivity index (χ0n) is 9.77. The molecule has 0 radical (unpaired) electrons. The molecular weight excluding hydrogens is 250 g/mol. The van der Waals surface area contributed by atoms with Crippen LogP contribution < -0.4 is 21.1 Å². The van der Waals surface area contributed by atoms with Crippen molar-refractivity contribution in [1.29, 1.82) is 0 Å². The first kappa shape index (κ1) is 11.3. The van der Waals surface area contributed by atoms with Gasteiger partial charge in [-0.05, 0) is 25.2 Å². The Labute approximate surface area is 110 Å². The Morgan fingerprint density at radius 2 is 2.22 bits per heavy atom. The lowest BCUT2D eigenvalue weighted by Gasteiger charge is -2.50. The van der Waals surface area contributed by atoms with Gasteiger partial charge in [-0.15, -0.1) is 0 Å². The van der Waals surface area contributed by atoms with E-state index in [1.807, 2.05) is 24.3 Å². The van der Waals surface area contributed by atoms with Gasteiger partial charge in [0.1, 0.15) is 11.7 Å². The molecule has 94 valence electrons. The molecule has 3 rings (SSSR count). The number of nitrogens with one attached hydrogen (secondary N) is 2. The summed E-state index contributed by atoms with van der Waals surface area (Å²) in [5.74, 6) is -0.191. The van der Waals surface area contributed by atoms with Crippen LogP contribution in [0.1, 0.15) is 18.5 Å². The molecule has 2 aliphatic rings. The van der Waals surface area contributed by atoms with E-state index in [4.69, 9.17) is 22.7 Å². The lowest BCUT2D eigenvalue weighted by Crippen LogP contribution is -2.70. The SMILES string of the molecule is C[C@@]12NC(=S)N[C@H](c3ccccc3O1)[C@H]2C(N)=O. The largest absolute Gasteiger partial charge is 0.467 e. The number of benzene rings is 1. The summed E-state index contributed by atoms with van der Waals surface area (Å²) >= 11 is 5.15. The van der Waals surface area contributed by atoms with E-state index in [1.54, 1.807) is 6.92 Å². The summed E-state index contributed by atoms with van der Waals surface area (Å²) in [4.78, 5) is 11.7. The number of carbonyl (C=O) groups is 1. The van der Waals surface area contributed by atoms with Crippen molar-refractivity contribution in [2.45, 2.75) is 18.7 Å². The van der Waals surface area contributed by atoms with Crippen LogP contribution >= 0.6 is 12.2 Å². The van der Waals surface area contributed by atoms with Crippen LogP contribution in [-0.4, -0.2) is 16.7 Å². The summed E-state index contributed by atoms with van der Waals surface area (Å²) in [5.41, 5.74) is 5.51. The molecule has 2 aliphatic heterocycles. The van der Waals surface area contributed by atoms with Crippen molar-refractivity contribution in [3.8, 4) is 5.75 Å². The minimum Gasteiger partial charge on any atom is -0.467 e. The highest BCUT2D eigenvalue weighted by atomic mass is 32.1. The average Bonchev–Trinajstić information content (AvgIpc) is 2.26. The average molecular weight is 263 g/mol. The predicted molar refractivity (Wildman–Crippen MR) is 69.8 cm³/mol. The molecule has 1 aromatic rings. The van der Waals surface area contributed by atoms with Gasteiger partial charge in [-0.2, -0.15) is 0 Å². The van der Waals surface area contributed by atoms with Gasteiger partial charge >= 0.3 is 0 Å². The molecule has 4 N–H and O–H groups in total. The van der Waals surface area contributed by atoms with Gasteiger partial charge in [0.05, 0.1) is 6.04 Å². The highest BCUT2D eigenvalue weighted by molar-refractivity contribution is 7.80. The van der Waals surface area contributed by atoms with E-state index < -0.39 is 17.6 Å². The Morgan fingerprint density at radius 3 is 2.94 bits per heavy atom. The summed E-state index contributed by atoms with van der Waals surface area (Å²) in [7, 11) is 0. The molecule has 18 heavy (non-hydrogen) atoms. The lowest BCUT2D eigenvalue weighted by atomic mass is 9.80. The first-order chi connectivity index (χ1) is 8.51. The third-order valence-corrected chi connectivity index (χ3v) is 3.68. The van der Waals surface area contributed by atoms with Gasteiger partial charge < -0.3 is 21.1 Å². The van der Waals surface area contributed by atoms with Crippen molar-refractivity contribution in [1.82, 2.24) is 10.6 Å². The van der Waals surface area contributed by atoms with E-state index in [1.165, 1.54) is 0 Å². The fourth-order valence-corrected chi connectivity index (χ4v) is 3.05. The van der Waals surface area contributed by atoms with Crippen LogP contribution in [0.25, 0.3) is 0 Å². The standard InChI is InChI=1S/C12H13N3O2S/c1-12-8(10(13)16)9(14-11(18)15-12)6-4-2-3-5-7(6)17-12/h2-5,8-9H,1H3,(H2,13,16)(H2,14,15,18)/t8-,9+,12+/m0/s1. The third-order valence-electron chi connectivity index (χ3n) is 3.46. The van der Waals surface area contributed by atoms with Gasteiger partial charge in [0.25, 0.3) is 0 Å². The van der Waals surface area contributed by atoms with E-state index in [0.29, 0.717) is 5.11 Å². The molecule has 3 atom stereocenters. The molecule has 0 saturated carbocycles. The summed E-state index contributed by atoms with van der Waals surface area (Å²) in [6, 6.07) is 7.33. The number of rotatable bonds is 1. The van der Waals surface area contributed by atoms with E-state index in [0.717, 1.165) is 11.3 Å². The fraction of sp³-hybridized carbons (Fsp3) is 0.333. The quantitative estimate of drug-likeness (QED) is 0.640. The summed E-state index contributed by atoms with van der Waals surface area (Å²) < 4.78 is 5.90. The molecule has 6 heteroatoms. The van der Waals surface area contributed by atoms with Gasteiger partial charge in [0.2, 0.25) is 5.91 Å². The van der Waals surface area contributed by atoms with Gasteiger partial charge in [-0.25, -0.2) is 0 Å². The molecule has 1 amide bonds. The molecular formula is C12H13N3O2S. The smallest absolute Gasteiger partial charge is 0.229 e. The lowest BCUT2D eigenvalue weighted by molar-refractivity contribution is -0.134. The van der Waals surface area contributed by atoms with Crippen molar-refractivity contribution in [2.75, 3.05) is 0 Å². The van der Waals surface area contributed by atoms with Crippen LogP contribution in [0.15, 0.2) is 24.3 Å². The number of primary amides is 1. The molecule has 2 bridgehead atoms. The third kappa shape index (κ3) is 1.45. The van der Waals surface area contributed by atoms with Gasteiger partial charge in [-0.3, -0.25) is 4.79 Å². The van der Waals surface area contributed by atoms with Crippen molar-refractivity contribution < 1.29 is 9.53 Å². The summed E-state index contributed by atoms with van der Waals surface area (Å²) in [6.07, 6.45) is 0. The maximum Gasteiger partial charge on any atom is 0.229 e. The molecule has 2 heterocycles. The molecule has 1 fully saturated rings. The number of amides is 1. The van der Waals surface area contributed by atoms with Crippen LogP contribution in [0.4, 0.5) is 0 Å². The number of nitrogens with two attached hydrogens (primary N) is 1. The Kier molecular flexibility index (Phi) is 2.25. The van der Waals surface area contributed by atoms with E-state index in [2.05, 4.69) is 10.6 Å². The fourth-order valence-electron chi connectivity index (χ4n) is 2.72. The summed E-state index contributed by atoms with van der Waals surface area (Å²) in [6.45, 7) is 1.79. The normalized spacial score (nSPS) is 32.6. The number of thiocarbonyl (C=S) groups is 1. The monoisotopic (exact) mass is 263 g/mol. The summed E-state index contributed by atoms with van der Waals surface area (Å²) in [5, 5.41) is 6.56. The Hall–Kier alpha value is -1.82. The van der Waals surface area contributed by atoms with Crippen molar-refractivity contribution in [3.63, 3.8) is 0 Å². The molecule has 0 spiro atoms. The minimum atomic E-state index is -0.896. The maximum absolute atomic E-state index is 11.7. The Balaban J connectivity index is 2.17. The molecule has 1 aromatic carbocycles. The van der Waals surface area contributed by atoms with Gasteiger partial charge in [-0.1, -0.05) is 18.2 Å².